The van der Waals surface area contributed by atoms with Gasteiger partial charge in [-0.2, -0.15) is 0 Å². The Balaban J connectivity index is 2.95. The van der Waals surface area contributed by atoms with E-state index in [0.29, 0.717) is 17.9 Å². The van der Waals surface area contributed by atoms with Gasteiger partial charge in [-0.1, -0.05) is 0 Å². The molecular weight excluding hydrogens is 144 g/mol. The van der Waals surface area contributed by atoms with Crippen molar-refractivity contribution in [2.45, 2.75) is 6.92 Å². The summed E-state index contributed by atoms with van der Waals surface area (Å²) in [6.45, 7) is 2.07. The van der Waals surface area contributed by atoms with Crippen molar-refractivity contribution in [2.75, 3.05) is 5.73 Å². The largest absolute Gasteiger partial charge is 0.410 e. The first-order chi connectivity index (χ1) is 5.24. The highest BCUT2D eigenvalue weighted by Gasteiger charge is 1.97. The fourth-order valence-corrected chi connectivity index (χ4v) is 0.664. The number of rotatable bonds is 2. The average Bonchev–Trinajstić information content (AvgIpc) is 1.98. The van der Waals surface area contributed by atoms with E-state index in [1.807, 2.05) is 0 Å². The molecule has 0 aromatic carbocycles. The number of aryl methyl sites for hydroxylation is 1. The van der Waals surface area contributed by atoms with Gasteiger partial charge in [-0.15, -0.1) is 0 Å². The Morgan fingerprint density at radius 3 is 2.91 bits per heavy atom. The van der Waals surface area contributed by atoms with Crippen LogP contribution in [-0.4, -0.2) is 11.5 Å². The lowest BCUT2D eigenvalue weighted by molar-refractivity contribution is -0.120. The number of carbonyl (C=O) groups is 1. The van der Waals surface area contributed by atoms with Crippen molar-refractivity contribution in [3.05, 3.63) is 17.8 Å². The van der Waals surface area contributed by atoms with E-state index in [0.717, 1.165) is 0 Å². The molecule has 2 N–H and O–H groups in total. The number of carbonyl (C=O) groups excluding carboxylic acids is 1. The quantitative estimate of drug-likeness (QED) is 0.627. The van der Waals surface area contributed by atoms with E-state index in [1.54, 1.807) is 13.0 Å². The van der Waals surface area contributed by atoms with Crippen molar-refractivity contribution in [3.63, 3.8) is 0 Å². The van der Waals surface area contributed by atoms with Gasteiger partial charge in [0.05, 0.1) is 11.4 Å². The molecule has 58 valence electrons. The van der Waals surface area contributed by atoms with E-state index in [9.17, 15) is 4.79 Å². The summed E-state index contributed by atoms with van der Waals surface area (Å²) in [5.41, 5.74) is 6.72. The summed E-state index contributed by atoms with van der Waals surface area (Å²) >= 11 is 0. The fourth-order valence-electron chi connectivity index (χ4n) is 0.664. The van der Waals surface area contributed by atoms with E-state index in [2.05, 4.69) is 9.72 Å². The number of hydrogen-bond acceptors (Lipinski definition) is 4. The first-order valence-corrected chi connectivity index (χ1v) is 3.07. The van der Waals surface area contributed by atoms with Crippen molar-refractivity contribution in [1.29, 1.82) is 0 Å². The smallest absolute Gasteiger partial charge is 0.299 e. The summed E-state index contributed by atoms with van der Waals surface area (Å²) in [5, 5.41) is 0. The van der Waals surface area contributed by atoms with Crippen LogP contribution in [0.4, 0.5) is 5.69 Å². The predicted molar refractivity (Wildman–Crippen MR) is 40.1 cm³/mol. The van der Waals surface area contributed by atoms with E-state index >= 15 is 0 Å². The molecule has 1 aromatic heterocycles. The molecule has 0 aliphatic rings. The summed E-state index contributed by atoms with van der Waals surface area (Å²) < 4.78 is 4.49. The Bertz CT molecular complexity index is 273. The van der Waals surface area contributed by atoms with Gasteiger partial charge in [0.25, 0.3) is 6.47 Å². The molecule has 1 rings (SSSR count). The molecule has 0 unspecified atom stereocenters. The molecule has 0 saturated carbocycles. The molecule has 4 nitrogen and oxygen atoms in total. The number of nitrogen functional groups attached to an aromatic ring is 1. The number of pyridine rings is 1. The van der Waals surface area contributed by atoms with Crippen LogP contribution in [0.15, 0.2) is 12.1 Å². The molecule has 1 aromatic rings. The second kappa shape index (κ2) is 3.01. The standard InChI is InChI=1S/C7H8N2O2/c1-5-6(8)2-3-7(9-5)11-4-10/h2-4H,8H2,1H3. The van der Waals surface area contributed by atoms with Crippen LogP contribution >= 0.6 is 0 Å². The lowest BCUT2D eigenvalue weighted by Crippen LogP contribution is -1.96. The van der Waals surface area contributed by atoms with E-state index in [1.165, 1.54) is 6.07 Å². The van der Waals surface area contributed by atoms with Gasteiger partial charge in [-0.25, -0.2) is 4.98 Å². The van der Waals surface area contributed by atoms with Crippen molar-refractivity contribution >= 4 is 12.2 Å². The second-order valence-corrected chi connectivity index (χ2v) is 2.04. The van der Waals surface area contributed by atoms with Crippen LogP contribution in [0, 0.1) is 6.92 Å². The Labute approximate surface area is 64.0 Å². The molecule has 0 atom stereocenters. The minimum atomic E-state index is 0.270. The molecule has 0 aliphatic carbocycles. The van der Waals surface area contributed by atoms with E-state index < -0.39 is 0 Å². The summed E-state index contributed by atoms with van der Waals surface area (Å²) in [6, 6.07) is 3.18. The highest BCUT2D eigenvalue weighted by molar-refractivity contribution is 5.47. The van der Waals surface area contributed by atoms with Gasteiger partial charge in [0.1, 0.15) is 0 Å². The van der Waals surface area contributed by atoms with Gasteiger partial charge in [-0.3, -0.25) is 4.79 Å². The minimum absolute atomic E-state index is 0.270. The highest BCUT2D eigenvalue weighted by Crippen LogP contribution is 2.12. The van der Waals surface area contributed by atoms with Crippen LogP contribution in [0.1, 0.15) is 5.69 Å². The van der Waals surface area contributed by atoms with Gasteiger partial charge >= 0.3 is 0 Å². The topological polar surface area (TPSA) is 65.2 Å². The van der Waals surface area contributed by atoms with Crippen molar-refractivity contribution < 1.29 is 9.53 Å². The Morgan fingerprint density at radius 1 is 1.64 bits per heavy atom. The average molecular weight is 152 g/mol. The molecule has 0 saturated heterocycles. The molecule has 0 spiro atoms. The molecule has 4 heteroatoms. The molecule has 0 amide bonds. The van der Waals surface area contributed by atoms with Crippen LogP contribution < -0.4 is 10.5 Å². The van der Waals surface area contributed by atoms with Crippen LogP contribution in [0.3, 0.4) is 0 Å². The zero-order chi connectivity index (χ0) is 8.27. The number of nitrogens with zero attached hydrogens (tertiary/aromatic N) is 1. The molecule has 0 aliphatic heterocycles. The second-order valence-electron chi connectivity index (χ2n) is 2.04. The Kier molecular flexibility index (Phi) is 2.06. The number of aromatic nitrogens is 1. The maximum atomic E-state index is 9.88. The van der Waals surface area contributed by atoms with Crippen molar-refractivity contribution in [2.24, 2.45) is 0 Å². The summed E-state index contributed by atoms with van der Waals surface area (Å²) in [6.07, 6.45) is 0. The maximum absolute atomic E-state index is 9.88. The molecule has 0 bridgehead atoms. The number of ether oxygens (including phenoxy) is 1. The Morgan fingerprint density at radius 2 is 2.36 bits per heavy atom. The lowest BCUT2D eigenvalue weighted by Gasteiger charge is -1.99. The van der Waals surface area contributed by atoms with Crippen LogP contribution in [0.25, 0.3) is 0 Å². The normalized spacial score (nSPS) is 9.18. The first kappa shape index (κ1) is 7.53. The fraction of sp³-hybridized carbons (Fsp3) is 0.143. The van der Waals surface area contributed by atoms with Crippen LogP contribution in [0.2, 0.25) is 0 Å². The molecule has 0 fully saturated rings. The zero-order valence-corrected chi connectivity index (χ0v) is 6.07. The minimum Gasteiger partial charge on any atom is -0.410 e. The van der Waals surface area contributed by atoms with Crippen LogP contribution in [0.5, 0.6) is 5.88 Å². The molecule has 11 heavy (non-hydrogen) atoms. The predicted octanol–water partition coefficient (Wildman–Crippen LogP) is 0.507. The van der Waals surface area contributed by atoms with E-state index in [-0.39, 0.29) is 5.88 Å². The summed E-state index contributed by atoms with van der Waals surface area (Å²) in [7, 11) is 0. The maximum Gasteiger partial charge on any atom is 0.299 e. The first-order valence-electron chi connectivity index (χ1n) is 3.07. The monoisotopic (exact) mass is 152 g/mol. The molecule has 0 radical (unpaired) electrons. The molecular formula is C7H8N2O2. The highest BCUT2D eigenvalue weighted by atomic mass is 16.5. The van der Waals surface area contributed by atoms with Gasteiger partial charge in [0, 0.05) is 6.07 Å². The summed E-state index contributed by atoms with van der Waals surface area (Å²) in [5.74, 6) is 0.270. The third kappa shape index (κ3) is 1.67. The van der Waals surface area contributed by atoms with Gasteiger partial charge in [0.2, 0.25) is 5.88 Å². The number of nitrogens with two attached hydrogens (primary N) is 1. The number of hydrogen-bond donors (Lipinski definition) is 1. The number of anilines is 1. The van der Waals surface area contributed by atoms with Crippen molar-refractivity contribution in [1.82, 2.24) is 4.98 Å². The van der Waals surface area contributed by atoms with Crippen LogP contribution in [-0.2, 0) is 4.79 Å². The zero-order valence-electron chi connectivity index (χ0n) is 6.07. The molecule has 1 heterocycles. The SMILES string of the molecule is Cc1nc(OC=O)ccc1N. The lowest BCUT2D eigenvalue weighted by atomic mass is 10.3. The van der Waals surface area contributed by atoms with Gasteiger partial charge in [-0.05, 0) is 13.0 Å². The third-order valence-corrected chi connectivity index (χ3v) is 1.27. The van der Waals surface area contributed by atoms with E-state index in [4.69, 9.17) is 5.73 Å². The third-order valence-electron chi connectivity index (χ3n) is 1.27. The summed E-state index contributed by atoms with van der Waals surface area (Å²) in [4.78, 5) is 13.8. The Hall–Kier alpha value is -1.58. The van der Waals surface area contributed by atoms with Gasteiger partial charge in [0.15, 0.2) is 0 Å². The van der Waals surface area contributed by atoms with Crippen molar-refractivity contribution in [3.8, 4) is 5.88 Å². The van der Waals surface area contributed by atoms with Gasteiger partial charge < -0.3 is 10.5 Å².